The lowest BCUT2D eigenvalue weighted by molar-refractivity contribution is 0.410. The van der Waals surface area contributed by atoms with Crippen LogP contribution in [0.3, 0.4) is 0 Å². The molecule has 2 fully saturated rings. The Kier molecular flexibility index (Phi) is 4.99. The minimum Gasteiger partial charge on any atom is -0.494 e. The van der Waals surface area contributed by atoms with Gasteiger partial charge in [-0.15, -0.1) is 0 Å². The summed E-state index contributed by atoms with van der Waals surface area (Å²) in [7, 11) is 1.62. The van der Waals surface area contributed by atoms with Crippen LogP contribution in [-0.2, 0) is 0 Å². The number of piperidine rings is 1. The molecule has 0 N–H and O–H groups in total. The first-order valence-electron chi connectivity index (χ1n) is 9.27. The van der Waals surface area contributed by atoms with Gasteiger partial charge in [-0.2, -0.15) is 4.98 Å². The highest BCUT2D eigenvalue weighted by molar-refractivity contribution is 5.45. The van der Waals surface area contributed by atoms with Gasteiger partial charge in [0.25, 0.3) is 0 Å². The highest BCUT2D eigenvalue weighted by Crippen LogP contribution is 2.21. The van der Waals surface area contributed by atoms with Crippen LogP contribution >= 0.6 is 0 Å². The van der Waals surface area contributed by atoms with Gasteiger partial charge in [0.05, 0.1) is 19.5 Å². The van der Waals surface area contributed by atoms with Crippen molar-refractivity contribution in [2.45, 2.75) is 19.3 Å². The molecule has 0 spiro atoms. The third kappa shape index (κ3) is 3.63. The predicted octanol–water partition coefficient (Wildman–Crippen LogP) is 1.59. The lowest BCUT2D eigenvalue weighted by Crippen LogP contribution is -2.47. The summed E-state index contributed by atoms with van der Waals surface area (Å²) in [5.41, 5.74) is 0. The van der Waals surface area contributed by atoms with E-state index in [-0.39, 0.29) is 0 Å². The molecule has 0 saturated carbocycles. The van der Waals surface area contributed by atoms with E-state index in [1.165, 1.54) is 19.3 Å². The molecule has 4 rings (SSSR count). The van der Waals surface area contributed by atoms with E-state index in [0.717, 1.165) is 57.0 Å². The van der Waals surface area contributed by atoms with Crippen LogP contribution < -0.4 is 19.4 Å². The number of rotatable bonds is 4. The molecule has 0 aromatic carbocycles. The average molecular weight is 355 g/mol. The molecule has 2 saturated heterocycles. The summed E-state index contributed by atoms with van der Waals surface area (Å²) in [5, 5.41) is 0. The van der Waals surface area contributed by atoms with E-state index in [0.29, 0.717) is 5.75 Å². The Balaban J connectivity index is 1.39. The SMILES string of the molecule is COc1cnc(N2CCN(c3nccc(N4CCCCC4)n3)CC2)nc1. The average Bonchev–Trinajstić information content (AvgIpc) is 2.75. The van der Waals surface area contributed by atoms with E-state index in [1.807, 2.05) is 12.3 Å². The van der Waals surface area contributed by atoms with E-state index in [2.05, 4.69) is 29.7 Å². The molecular weight excluding hydrogens is 330 g/mol. The monoisotopic (exact) mass is 355 g/mol. The highest BCUT2D eigenvalue weighted by Gasteiger charge is 2.22. The molecule has 4 heterocycles. The van der Waals surface area contributed by atoms with E-state index in [4.69, 9.17) is 9.72 Å². The molecule has 2 aliphatic heterocycles. The third-order valence-corrected chi connectivity index (χ3v) is 5.00. The number of hydrogen-bond acceptors (Lipinski definition) is 8. The van der Waals surface area contributed by atoms with Gasteiger partial charge in [0.1, 0.15) is 5.82 Å². The van der Waals surface area contributed by atoms with Crippen molar-refractivity contribution in [3.63, 3.8) is 0 Å². The van der Waals surface area contributed by atoms with Crippen molar-refractivity contribution in [1.29, 1.82) is 0 Å². The van der Waals surface area contributed by atoms with Gasteiger partial charge in [0.2, 0.25) is 11.9 Å². The number of hydrogen-bond donors (Lipinski definition) is 0. The fourth-order valence-corrected chi connectivity index (χ4v) is 3.48. The van der Waals surface area contributed by atoms with Crippen LogP contribution in [0.5, 0.6) is 5.75 Å². The third-order valence-electron chi connectivity index (χ3n) is 5.00. The maximum absolute atomic E-state index is 5.12. The first kappa shape index (κ1) is 16.8. The van der Waals surface area contributed by atoms with E-state index in [1.54, 1.807) is 19.5 Å². The Morgan fingerprint density at radius 3 is 2.08 bits per heavy atom. The summed E-state index contributed by atoms with van der Waals surface area (Å²) >= 11 is 0. The van der Waals surface area contributed by atoms with Crippen LogP contribution in [0.25, 0.3) is 0 Å². The van der Waals surface area contributed by atoms with Crippen LogP contribution in [-0.4, -0.2) is 66.3 Å². The summed E-state index contributed by atoms with van der Waals surface area (Å²) in [4.78, 5) is 24.9. The smallest absolute Gasteiger partial charge is 0.227 e. The molecule has 0 amide bonds. The van der Waals surface area contributed by atoms with Gasteiger partial charge < -0.3 is 19.4 Å². The molecule has 26 heavy (non-hydrogen) atoms. The standard InChI is InChI=1S/C18H25N7O/c1-26-15-13-20-17(21-14-15)24-9-11-25(12-10-24)18-19-6-5-16(22-18)23-7-3-2-4-8-23/h5-6,13-14H,2-4,7-12H2,1H3. The zero-order valence-corrected chi connectivity index (χ0v) is 15.2. The maximum atomic E-state index is 5.12. The quantitative estimate of drug-likeness (QED) is 0.819. The summed E-state index contributed by atoms with van der Waals surface area (Å²) in [6.07, 6.45) is 9.12. The summed E-state index contributed by atoms with van der Waals surface area (Å²) in [6.45, 7) is 5.61. The zero-order valence-electron chi connectivity index (χ0n) is 15.2. The van der Waals surface area contributed by atoms with Gasteiger partial charge in [-0.05, 0) is 25.3 Å². The molecule has 2 aromatic heterocycles. The Labute approximate surface area is 153 Å². The van der Waals surface area contributed by atoms with Crippen LogP contribution in [0.4, 0.5) is 17.7 Å². The molecular formula is C18H25N7O. The summed E-state index contributed by atoms with van der Waals surface area (Å²) < 4.78 is 5.12. The molecule has 0 bridgehead atoms. The number of piperazine rings is 1. The minimum absolute atomic E-state index is 0.676. The largest absolute Gasteiger partial charge is 0.494 e. The van der Waals surface area contributed by atoms with Gasteiger partial charge >= 0.3 is 0 Å². The second-order valence-electron chi connectivity index (χ2n) is 6.66. The second-order valence-corrected chi connectivity index (χ2v) is 6.66. The Hall–Kier alpha value is -2.64. The van der Waals surface area contributed by atoms with Gasteiger partial charge in [-0.3, -0.25) is 0 Å². The molecule has 8 nitrogen and oxygen atoms in total. The molecule has 2 aromatic rings. The number of ether oxygens (including phenoxy) is 1. The van der Waals surface area contributed by atoms with Crippen LogP contribution in [0, 0.1) is 0 Å². The Bertz CT molecular complexity index is 710. The van der Waals surface area contributed by atoms with Crippen molar-refractivity contribution in [3.8, 4) is 5.75 Å². The molecule has 2 aliphatic rings. The van der Waals surface area contributed by atoms with Gasteiger partial charge in [-0.1, -0.05) is 0 Å². The predicted molar refractivity (Wildman–Crippen MR) is 101 cm³/mol. The van der Waals surface area contributed by atoms with E-state index >= 15 is 0 Å². The van der Waals surface area contributed by atoms with Gasteiger partial charge in [0.15, 0.2) is 5.75 Å². The normalized spacial score (nSPS) is 18.1. The highest BCUT2D eigenvalue weighted by atomic mass is 16.5. The van der Waals surface area contributed by atoms with E-state index < -0.39 is 0 Å². The summed E-state index contributed by atoms with van der Waals surface area (Å²) in [5.74, 6) is 3.29. The maximum Gasteiger partial charge on any atom is 0.227 e. The van der Waals surface area contributed by atoms with Crippen molar-refractivity contribution < 1.29 is 4.74 Å². The number of anilines is 3. The minimum atomic E-state index is 0.676. The fourth-order valence-electron chi connectivity index (χ4n) is 3.48. The fraction of sp³-hybridized carbons (Fsp3) is 0.556. The Morgan fingerprint density at radius 1 is 0.769 bits per heavy atom. The molecule has 138 valence electrons. The van der Waals surface area contributed by atoms with Crippen molar-refractivity contribution in [2.75, 3.05) is 61.1 Å². The molecule has 8 heteroatoms. The zero-order chi connectivity index (χ0) is 17.8. The van der Waals surface area contributed by atoms with Crippen molar-refractivity contribution in [1.82, 2.24) is 19.9 Å². The Morgan fingerprint density at radius 2 is 1.42 bits per heavy atom. The van der Waals surface area contributed by atoms with Crippen LogP contribution in [0.2, 0.25) is 0 Å². The lowest BCUT2D eigenvalue weighted by atomic mass is 10.1. The first-order chi connectivity index (χ1) is 12.8. The van der Waals surface area contributed by atoms with E-state index in [9.17, 15) is 0 Å². The van der Waals surface area contributed by atoms with Gasteiger partial charge in [0, 0.05) is 45.5 Å². The van der Waals surface area contributed by atoms with Crippen LogP contribution in [0.1, 0.15) is 19.3 Å². The molecule has 0 radical (unpaired) electrons. The van der Waals surface area contributed by atoms with Crippen molar-refractivity contribution in [2.24, 2.45) is 0 Å². The number of nitrogens with zero attached hydrogens (tertiary/aromatic N) is 7. The number of aromatic nitrogens is 4. The molecule has 0 aliphatic carbocycles. The topological polar surface area (TPSA) is 70.5 Å². The number of methoxy groups -OCH3 is 1. The first-order valence-corrected chi connectivity index (χ1v) is 9.27. The molecule has 0 unspecified atom stereocenters. The van der Waals surface area contributed by atoms with Crippen molar-refractivity contribution in [3.05, 3.63) is 24.7 Å². The summed E-state index contributed by atoms with van der Waals surface area (Å²) in [6, 6.07) is 2.02. The van der Waals surface area contributed by atoms with Crippen molar-refractivity contribution >= 4 is 17.7 Å². The van der Waals surface area contributed by atoms with Crippen LogP contribution in [0.15, 0.2) is 24.7 Å². The van der Waals surface area contributed by atoms with Gasteiger partial charge in [-0.25, -0.2) is 15.0 Å². The lowest BCUT2D eigenvalue weighted by Gasteiger charge is -2.35. The second kappa shape index (κ2) is 7.72. The molecule has 0 atom stereocenters.